The fraction of sp³-hybridized carbons (Fsp3) is 0.257. The van der Waals surface area contributed by atoms with Gasteiger partial charge in [0, 0.05) is 39.6 Å². The maximum atomic E-state index is 14.6. The van der Waals surface area contributed by atoms with Crippen molar-refractivity contribution in [3.05, 3.63) is 128 Å². The Labute approximate surface area is 286 Å². The highest BCUT2D eigenvalue weighted by Gasteiger charge is 2.35. The molecule has 242 valence electrons. The number of carbonyl (C=O) groups excluding carboxylic acids is 2. The van der Waals surface area contributed by atoms with E-state index in [-0.39, 0.29) is 29.6 Å². The zero-order valence-corrected chi connectivity index (χ0v) is 29.1. The smallest absolute Gasteiger partial charge is 0.264 e. The zero-order valence-electron chi connectivity index (χ0n) is 26.0. The van der Waals surface area contributed by atoms with Crippen LogP contribution in [0, 0.1) is 13.8 Å². The van der Waals surface area contributed by atoms with E-state index < -0.39 is 34.4 Å². The van der Waals surface area contributed by atoms with Crippen LogP contribution in [0.25, 0.3) is 0 Å². The number of nitrogens with one attached hydrogen (secondary N) is 1. The summed E-state index contributed by atoms with van der Waals surface area (Å²) in [6.45, 7) is 6.53. The van der Waals surface area contributed by atoms with E-state index >= 15 is 0 Å². The van der Waals surface area contributed by atoms with Gasteiger partial charge in [0.05, 0.1) is 10.6 Å². The number of amides is 2. The quantitative estimate of drug-likeness (QED) is 0.165. The van der Waals surface area contributed by atoms with Gasteiger partial charge in [-0.25, -0.2) is 8.42 Å². The van der Waals surface area contributed by atoms with Crippen LogP contribution in [-0.2, 0) is 32.6 Å². The van der Waals surface area contributed by atoms with E-state index in [1.165, 1.54) is 23.1 Å². The minimum absolute atomic E-state index is 0.00156. The van der Waals surface area contributed by atoms with Gasteiger partial charge in [0.1, 0.15) is 12.6 Å². The van der Waals surface area contributed by atoms with Gasteiger partial charge in [-0.15, -0.1) is 0 Å². The van der Waals surface area contributed by atoms with Crippen LogP contribution >= 0.6 is 34.8 Å². The number of sulfonamides is 1. The van der Waals surface area contributed by atoms with Gasteiger partial charge in [0.2, 0.25) is 11.8 Å². The molecule has 0 unspecified atom stereocenters. The van der Waals surface area contributed by atoms with Crippen molar-refractivity contribution in [2.75, 3.05) is 10.8 Å². The molecular weight excluding hydrogens is 665 g/mol. The van der Waals surface area contributed by atoms with Crippen LogP contribution in [-0.4, -0.2) is 43.8 Å². The molecule has 0 saturated heterocycles. The molecule has 0 saturated carbocycles. The van der Waals surface area contributed by atoms with Crippen LogP contribution in [0.3, 0.4) is 0 Å². The van der Waals surface area contributed by atoms with E-state index in [0.717, 1.165) is 21.0 Å². The van der Waals surface area contributed by atoms with Crippen molar-refractivity contribution in [3.8, 4) is 0 Å². The highest BCUT2D eigenvalue weighted by molar-refractivity contribution is 7.92. The lowest BCUT2D eigenvalue weighted by molar-refractivity contribution is -0.140. The molecule has 7 nitrogen and oxygen atoms in total. The first-order valence-electron chi connectivity index (χ1n) is 14.7. The second kappa shape index (κ2) is 15.4. The number of rotatable bonds is 12. The van der Waals surface area contributed by atoms with E-state index in [1.54, 1.807) is 49.4 Å². The minimum Gasteiger partial charge on any atom is -0.352 e. The molecule has 4 aromatic rings. The topological polar surface area (TPSA) is 86.8 Å². The largest absolute Gasteiger partial charge is 0.352 e. The number of carbonyl (C=O) groups is 2. The molecule has 11 heteroatoms. The summed E-state index contributed by atoms with van der Waals surface area (Å²) in [5, 5.41) is 3.88. The Balaban J connectivity index is 1.86. The Bertz CT molecular complexity index is 1780. The summed E-state index contributed by atoms with van der Waals surface area (Å²) in [4.78, 5) is 29.8. The third-order valence-electron chi connectivity index (χ3n) is 7.42. The Morgan fingerprint density at radius 1 is 0.804 bits per heavy atom. The fourth-order valence-corrected chi connectivity index (χ4v) is 6.99. The van der Waals surface area contributed by atoms with Crippen molar-refractivity contribution in [2.45, 2.75) is 57.6 Å². The maximum absolute atomic E-state index is 14.6. The lowest BCUT2D eigenvalue weighted by atomic mass is 10.0. The van der Waals surface area contributed by atoms with Crippen molar-refractivity contribution >= 4 is 62.3 Å². The average molecular weight is 701 g/mol. The van der Waals surface area contributed by atoms with Crippen molar-refractivity contribution < 1.29 is 18.0 Å². The molecule has 1 N–H and O–H groups in total. The van der Waals surface area contributed by atoms with Gasteiger partial charge in [-0.2, -0.15) is 0 Å². The Hall–Kier alpha value is -3.56. The lowest BCUT2D eigenvalue weighted by Gasteiger charge is -2.34. The molecule has 0 aliphatic heterocycles. The second-order valence-corrected chi connectivity index (χ2v) is 14.4. The average Bonchev–Trinajstić information content (AvgIpc) is 3.00. The molecule has 0 fully saturated rings. The molecule has 0 aliphatic carbocycles. The number of anilines is 1. The molecule has 0 spiro atoms. The SMILES string of the molecule is Cc1ccc(S(=O)(=O)N(CC(=O)N(Cc2c(Cl)cccc2Cl)[C@@H](Cc2ccccc2)C(=O)NC(C)C)c2ccc(C)c(Cl)c2)cc1. The second-order valence-electron chi connectivity index (χ2n) is 11.3. The number of nitrogens with zero attached hydrogens (tertiary/aromatic N) is 2. The summed E-state index contributed by atoms with van der Waals surface area (Å²) in [6, 6.07) is 24.2. The molecule has 0 heterocycles. The highest BCUT2D eigenvalue weighted by atomic mass is 35.5. The first kappa shape index (κ1) is 35.3. The predicted molar refractivity (Wildman–Crippen MR) is 186 cm³/mol. The summed E-state index contributed by atoms with van der Waals surface area (Å²) in [5.74, 6) is -1.04. The first-order chi connectivity index (χ1) is 21.8. The Kier molecular flexibility index (Phi) is 11.8. The summed E-state index contributed by atoms with van der Waals surface area (Å²) < 4.78 is 29.4. The summed E-state index contributed by atoms with van der Waals surface area (Å²) in [7, 11) is -4.27. The standard InChI is InChI=1S/C35H36Cl3N3O4S/c1-23(2)39-35(43)33(19-26-9-6-5-7-10-26)40(21-29-30(36)11-8-12-31(29)37)34(42)22-41(27-16-15-25(4)32(38)20-27)46(44,45)28-17-13-24(3)14-18-28/h5-18,20,23,33H,19,21-22H2,1-4H3,(H,39,43)/t33-/m0/s1. The molecule has 4 aromatic carbocycles. The van der Waals surface area contributed by atoms with Crippen LogP contribution in [0.5, 0.6) is 0 Å². The van der Waals surface area contributed by atoms with Crippen molar-refractivity contribution in [1.82, 2.24) is 10.2 Å². The Morgan fingerprint density at radius 2 is 1.43 bits per heavy atom. The van der Waals surface area contributed by atoms with E-state index in [2.05, 4.69) is 5.32 Å². The van der Waals surface area contributed by atoms with E-state index in [0.29, 0.717) is 20.6 Å². The van der Waals surface area contributed by atoms with Crippen LogP contribution in [0.4, 0.5) is 5.69 Å². The van der Waals surface area contributed by atoms with Crippen molar-refractivity contribution in [1.29, 1.82) is 0 Å². The van der Waals surface area contributed by atoms with Crippen LogP contribution in [0.2, 0.25) is 15.1 Å². The molecule has 4 rings (SSSR count). The molecule has 2 amide bonds. The maximum Gasteiger partial charge on any atom is 0.264 e. The molecule has 0 aromatic heterocycles. The van der Waals surface area contributed by atoms with Gasteiger partial charge in [0.25, 0.3) is 10.0 Å². The molecule has 1 atom stereocenters. The Morgan fingerprint density at radius 3 is 2.02 bits per heavy atom. The number of benzene rings is 4. The van der Waals surface area contributed by atoms with Gasteiger partial charge < -0.3 is 10.2 Å². The molecule has 46 heavy (non-hydrogen) atoms. The number of hydrogen-bond acceptors (Lipinski definition) is 4. The third kappa shape index (κ3) is 8.62. The normalized spacial score (nSPS) is 12.1. The monoisotopic (exact) mass is 699 g/mol. The minimum atomic E-state index is -4.27. The molecule has 0 bridgehead atoms. The van der Waals surface area contributed by atoms with E-state index in [1.807, 2.05) is 51.1 Å². The van der Waals surface area contributed by atoms with Gasteiger partial charge in [-0.3, -0.25) is 13.9 Å². The number of hydrogen-bond donors (Lipinski definition) is 1. The molecular formula is C35H36Cl3N3O4S. The van der Waals surface area contributed by atoms with Crippen LogP contribution < -0.4 is 9.62 Å². The summed E-state index contributed by atoms with van der Waals surface area (Å²) >= 11 is 19.6. The van der Waals surface area contributed by atoms with Crippen molar-refractivity contribution in [2.24, 2.45) is 0 Å². The van der Waals surface area contributed by atoms with Gasteiger partial charge in [0.15, 0.2) is 0 Å². The summed E-state index contributed by atoms with van der Waals surface area (Å²) in [6.07, 6.45) is 0.161. The van der Waals surface area contributed by atoms with Crippen LogP contribution in [0.15, 0.2) is 95.9 Å². The van der Waals surface area contributed by atoms with Crippen LogP contribution in [0.1, 0.15) is 36.1 Å². The summed E-state index contributed by atoms with van der Waals surface area (Å²) in [5.41, 5.74) is 3.06. The fourth-order valence-electron chi connectivity index (χ4n) is 4.89. The lowest BCUT2D eigenvalue weighted by Crippen LogP contribution is -2.54. The highest BCUT2D eigenvalue weighted by Crippen LogP contribution is 2.31. The van der Waals surface area contributed by atoms with Gasteiger partial charge in [-0.05, 0) is 75.2 Å². The number of halogens is 3. The number of aryl methyl sites for hydroxylation is 2. The van der Waals surface area contributed by atoms with Gasteiger partial charge in [-0.1, -0.05) is 95.0 Å². The molecule has 0 radical (unpaired) electrons. The van der Waals surface area contributed by atoms with E-state index in [9.17, 15) is 18.0 Å². The predicted octanol–water partition coefficient (Wildman–Crippen LogP) is 7.62. The third-order valence-corrected chi connectivity index (χ3v) is 10.3. The van der Waals surface area contributed by atoms with Crippen molar-refractivity contribution in [3.63, 3.8) is 0 Å². The van der Waals surface area contributed by atoms with Gasteiger partial charge >= 0.3 is 0 Å². The first-order valence-corrected chi connectivity index (χ1v) is 17.3. The van der Waals surface area contributed by atoms with E-state index in [4.69, 9.17) is 34.8 Å². The molecule has 0 aliphatic rings. The zero-order chi connectivity index (χ0) is 33.6.